The summed E-state index contributed by atoms with van der Waals surface area (Å²) >= 11 is 0. The molecule has 1 saturated heterocycles. The number of amidine groups is 1. The Hall–Kier alpha value is -3.02. The Bertz CT molecular complexity index is 768. The molecule has 2 aromatic rings. The number of hydrogen-bond donors (Lipinski definition) is 3. The first-order chi connectivity index (χ1) is 12.6. The molecule has 0 spiro atoms. The highest BCUT2D eigenvalue weighted by Crippen LogP contribution is 2.16. The smallest absolute Gasteiger partial charge is 0.253 e. The zero-order valence-electron chi connectivity index (χ0n) is 14.7. The highest BCUT2D eigenvalue weighted by Gasteiger charge is 2.18. The third kappa shape index (κ3) is 4.53. The van der Waals surface area contributed by atoms with Crippen LogP contribution in [0.5, 0.6) is 5.75 Å². The van der Waals surface area contributed by atoms with Gasteiger partial charge in [-0.1, -0.05) is 12.1 Å². The zero-order chi connectivity index (χ0) is 18.4. The molecule has 0 bridgehead atoms. The summed E-state index contributed by atoms with van der Waals surface area (Å²) in [6.45, 7) is 2.83. The number of carbonyl (C=O) groups excluding carboxylic acids is 1. The van der Waals surface area contributed by atoms with Gasteiger partial charge in [0.25, 0.3) is 5.91 Å². The third-order valence-corrected chi connectivity index (χ3v) is 4.37. The summed E-state index contributed by atoms with van der Waals surface area (Å²) in [4.78, 5) is 14.2. The van der Waals surface area contributed by atoms with Crippen LogP contribution in [0.1, 0.15) is 28.8 Å². The molecule has 0 radical (unpaired) electrons. The number of amides is 1. The normalized spacial score (nSPS) is 13.5. The SMILES string of the molecule is N=C(N)c1cccc(OCCNc2ccc(C(=O)N3CCCC3)cc2)c1. The van der Waals surface area contributed by atoms with Gasteiger partial charge >= 0.3 is 0 Å². The predicted molar refractivity (Wildman–Crippen MR) is 103 cm³/mol. The van der Waals surface area contributed by atoms with Gasteiger partial charge in [-0.3, -0.25) is 10.2 Å². The van der Waals surface area contributed by atoms with Crippen LogP contribution in [0.3, 0.4) is 0 Å². The van der Waals surface area contributed by atoms with Gasteiger partial charge in [-0.15, -0.1) is 0 Å². The number of rotatable bonds is 7. The first-order valence-electron chi connectivity index (χ1n) is 8.84. The van der Waals surface area contributed by atoms with Crippen molar-refractivity contribution in [3.8, 4) is 5.75 Å². The van der Waals surface area contributed by atoms with E-state index in [0.29, 0.717) is 24.5 Å². The fourth-order valence-electron chi connectivity index (χ4n) is 2.95. The van der Waals surface area contributed by atoms with Gasteiger partial charge in [-0.25, -0.2) is 0 Å². The zero-order valence-corrected chi connectivity index (χ0v) is 14.7. The molecule has 1 fully saturated rings. The summed E-state index contributed by atoms with van der Waals surface area (Å²) in [5.74, 6) is 0.825. The largest absolute Gasteiger partial charge is 0.492 e. The van der Waals surface area contributed by atoms with Crippen LogP contribution in [0.15, 0.2) is 48.5 Å². The van der Waals surface area contributed by atoms with Gasteiger partial charge in [0.2, 0.25) is 0 Å². The van der Waals surface area contributed by atoms with Crippen molar-refractivity contribution in [2.75, 3.05) is 31.6 Å². The van der Waals surface area contributed by atoms with Crippen molar-refractivity contribution in [2.45, 2.75) is 12.8 Å². The van der Waals surface area contributed by atoms with E-state index in [9.17, 15) is 4.79 Å². The number of nitrogen functional groups attached to an aromatic ring is 1. The summed E-state index contributed by atoms with van der Waals surface area (Å²) in [6, 6.07) is 14.7. The quantitative estimate of drug-likeness (QED) is 0.406. The molecule has 1 heterocycles. The van der Waals surface area contributed by atoms with E-state index < -0.39 is 0 Å². The lowest BCUT2D eigenvalue weighted by Gasteiger charge is -2.15. The number of nitrogens with zero attached hydrogens (tertiary/aromatic N) is 1. The second-order valence-electron chi connectivity index (χ2n) is 6.29. The maximum Gasteiger partial charge on any atom is 0.253 e. The van der Waals surface area contributed by atoms with Gasteiger partial charge < -0.3 is 20.7 Å². The molecule has 0 aromatic heterocycles. The second-order valence-corrected chi connectivity index (χ2v) is 6.29. The molecule has 6 heteroatoms. The highest BCUT2D eigenvalue weighted by molar-refractivity contribution is 5.95. The first-order valence-corrected chi connectivity index (χ1v) is 8.84. The maximum absolute atomic E-state index is 12.3. The molecule has 6 nitrogen and oxygen atoms in total. The lowest BCUT2D eigenvalue weighted by Crippen LogP contribution is -2.27. The number of benzene rings is 2. The summed E-state index contributed by atoms with van der Waals surface area (Å²) < 4.78 is 5.67. The average Bonchev–Trinajstić information content (AvgIpc) is 3.20. The van der Waals surface area contributed by atoms with E-state index in [-0.39, 0.29) is 11.7 Å². The van der Waals surface area contributed by atoms with Crippen LogP contribution >= 0.6 is 0 Å². The monoisotopic (exact) mass is 352 g/mol. The molecule has 4 N–H and O–H groups in total. The molecule has 3 rings (SSSR count). The minimum absolute atomic E-state index is 0.0251. The van der Waals surface area contributed by atoms with Gasteiger partial charge in [0.15, 0.2) is 0 Å². The summed E-state index contributed by atoms with van der Waals surface area (Å²) in [7, 11) is 0. The molecular weight excluding hydrogens is 328 g/mol. The number of ether oxygens (including phenoxy) is 1. The second kappa shape index (κ2) is 8.38. The van der Waals surface area contributed by atoms with E-state index in [1.165, 1.54) is 0 Å². The van der Waals surface area contributed by atoms with Gasteiger partial charge in [-0.05, 0) is 49.2 Å². The van der Waals surface area contributed by atoms with Gasteiger partial charge in [0.1, 0.15) is 18.2 Å². The lowest BCUT2D eigenvalue weighted by atomic mass is 10.2. The number of anilines is 1. The Kier molecular flexibility index (Phi) is 5.73. The van der Waals surface area contributed by atoms with Crippen molar-refractivity contribution < 1.29 is 9.53 Å². The standard InChI is InChI=1S/C20H24N4O2/c21-19(22)16-4-3-5-18(14-16)26-13-10-23-17-8-6-15(7-9-17)20(25)24-11-1-2-12-24/h3-9,14,23H,1-2,10-13H2,(H3,21,22). The average molecular weight is 352 g/mol. The van der Waals surface area contributed by atoms with Crippen molar-refractivity contribution >= 4 is 17.4 Å². The van der Waals surface area contributed by atoms with E-state index in [1.807, 2.05) is 41.3 Å². The van der Waals surface area contributed by atoms with Crippen LogP contribution in [0.2, 0.25) is 0 Å². The molecule has 136 valence electrons. The number of carbonyl (C=O) groups is 1. The van der Waals surface area contributed by atoms with Crippen LogP contribution in [0.25, 0.3) is 0 Å². The Morgan fingerprint density at radius 3 is 2.54 bits per heavy atom. The van der Waals surface area contributed by atoms with Crippen molar-refractivity contribution in [2.24, 2.45) is 5.73 Å². The Balaban J connectivity index is 1.45. The Morgan fingerprint density at radius 2 is 1.85 bits per heavy atom. The number of nitrogens with two attached hydrogens (primary N) is 1. The summed E-state index contributed by atoms with van der Waals surface area (Å²) in [6.07, 6.45) is 2.20. The van der Waals surface area contributed by atoms with E-state index in [2.05, 4.69) is 5.32 Å². The molecule has 0 unspecified atom stereocenters. The minimum Gasteiger partial charge on any atom is -0.492 e. The molecule has 0 aliphatic carbocycles. The van der Waals surface area contributed by atoms with Crippen LogP contribution in [0, 0.1) is 5.41 Å². The fourth-order valence-corrected chi connectivity index (χ4v) is 2.95. The topological polar surface area (TPSA) is 91.4 Å². The fraction of sp³-hybridized carbons (Fsp3) is 0.300. The molecule has 0 atom stereocenters. The molecule has 0 saturated carbocycles. The lowest BCUT2D eigenvalue weighted by molar-refractivity contribution is 0.0793. The Labute approximate surface area is 153 Å². The van der Waals surface area contributed by atoms with E-state index in [1.54, 1.807) is 12.1 Å². The van der Waals surface area contributed by atoms with Gasteiger partial charge in [0, 0.05) is 36.4 Å². The van der Waals surface area contributed by atoms with E-state index in [0.717, 1.165) is 37.2 Å². The molecule has 26 heavy (non-hydrogen) atoms. The maximum atomic E-state index is 12.3. The summed E-state index contributed by atoms with van der Waals surface area (Å²) in [5, 5.41) is 10.7. The first kappa shape index (κ1) is 17.8. The van der Waals surface area contributed by atoms with Crippen LogP contribution in [0.4, 0.5) is 5.69 Å². The minimum atomic E-state index is 0.0251. The van der Waals surface area contributed by atoms with Crippen molar-refractivity contribution in [1.82, 2.24) is 4.90 Å². The number of nitrogens with one attached hydrogen (secondary N) is 2. The predicted octanol–water partition coefficient (Wildman–Crippen LogP) is 2.70. The van der Waals surface area contributed by atoms with Crippen molar-refractivity contribution in [3.05, 3.63) is 59.7 Å². The molecule has 1 amide bonds. The molecule has 2 aromatic carbocycles. The van der Waals surface area contributed by atoms with Crippen LogP contribution < -0.4 is 15.8 Å². The van der Waals surface area contributed by atoms with Crippen molar-refractivity contribution in [1.29, 1.82) is 5.41 Å². The molecular formula is C20H24N4O2. The van der Waals surface area contributed by atoms with Crippen molar-refractivity contribution in [3.63, 3.8) is 0 Å². The Morgan fingerprint density at radius 1 is 1.12 bits per heavy atom. The van der Waals surface area contributed by atoms with Gasteiger partial charge in [-0.2, -0.15) is 0 Å². The van der Waals surface area contributed by atoms with Gasteiger partial charge in [0.05, 0.1) is 0 Å². The van der Waals surface area contributed by atoms with Crippen LogP contribution in [-0.2, 0) is 0 Å². The van der Waals surface area contributed by atoms with E-state index >= 15 is 0 Å². The molecule has 1 aliphatic heterocycles. The van der Waals surface area contributed by atoms with Crippen LogP contribution in [-0.4, -0.2) is 42.9 Å². The number of likely N-dealkylation sites (tertiary alicyclic amines) is 1. The third-order valence-electron chi connectivity index (χ3n) is 4.37. The number of hydrogen-bond acceptors (Lipinski definition) is 4. The van der Waals surface area contributed by atoms with E-state index in [4.69, 9.17) is 15.9 Å². The highest BCUT2D eigenvalue weighted by atomic mass is 16.5. The summed E-state index contributed by atoms with van der Waals surface area (Å²) in [5.41, 5.74) is 7.80. The molecule has 1 aliphatic rings.